The van der Waals surface area contributed by atoms with E-state index in [0.29, 0.717) is 35.1 Å². The summed E-state index contributed by atoms with van der Waals surface area (Å²) < 4.78 is 5.64. The second kappa shape index (κ2) is 5.89. The Kier molecular flexibility index (Phi) is 3.78. The minimum Gasteiger partial charge on any atom is -0.491 e. The molecule has 5 nitrogen and oxygen atoms in total. The molecule has 2 aromatic carbocycles. The minimum absolute atomic E-state index is 0.0414. The molecule has 1 aromatic heterocycles. The summed E-state index contributed by atoms with van der Waals surface area (Å²) in [5.74, 6) is -0.285. The molecule has 3 rings (SSSR count). The van der Waals surface area contributed by atoms with Crippen LogP contribution in [0.1, 0.15) is 12.8 Å². The van der Waals surface area contributed by atoms with Gasteiger partial charge in [0.1, 0.15) is 5.75 Å². The number of hydrogen-bond acceptors (Lipinski definition) is 3. The number of nitrogens with one attached hydrogen (secondary N) is 1. The van der Waals surface area contributed by atoms with Gasteiger partial charge in [0.15, 0.2) is 5.43 Å². The van der Waals surface area contributed by atoms with E-state index in [1.165, 1.54) is 0 Å². The zero-order valence-corrected chi connectivity index (χ0v) is 11.8. The van der Waals surface area contributed by atoms with Crippen molar-refractivity contribution in [3.8, 4) is 5.75 Å². The normalized spacial score (nSPS) is 10.9. The number of carboxylic acid groups (broad SMARTS) is 1. The van der Waals surface area contributed by atoms with E-state index in [0.717, 1.165) is 5.52 Å². The van der Waals surface area contributed by atoms with Crippen LogP contribution in [-0.4, -0.2) is 22.7 Å². The molecule has 0 aliphatic carbocycles. The van der Waals surface area contributed by atoms with Gasteiger partial charge in [-0.15, -0.1) is 0 Å². The van der Waals surface area contributed by atoms with Gasteiger partial charge in [0.2, 0.25) is 0 Å². The number of benzene rings is 2. The van der Waals surface area contributed by atoms with Gasteiger partial charge >= 0.3 is 5.97 Å². The maximum Gasteiger partial charge on any atom is 0.303 e. The third-order valence-electron chi connectivity index (χ3n) is 3.49. The number of aromatic nitrogens is 1. The highest BCUT2D eigenvalue weighted by Gasteiger charge is 2.09. The molecular weight excluding hydrogens is 282 g/mol. The van der Waals surface area contributed by atoms with Gasteiger partial charge in [0, 0.05) is 22.7 Å². The van der Waals surface area contributed by atoms with Crippen LogP contribution in [-0.2, 0) is 4.79 Å². The Labute approximate surface area is 126 Å². The molecule has 0 aliphatic heterocycles. The van der Waals surface area contributed by atoms with Gasteiger partial charge in [-0.3, -0.25) is 9.59 Å². The van der Waals surface area contributed by atoms with Crippen LogP contribution < -0.4 is 10.2 Å². The molecule has 0 spiro atoms. The van der Waals surface area contributed by atoms with Crippen molar-refractivity contribution < 1.29 is 14.6 Å². The van der Waals surface area contributed by atoms with Gasteiger partial charge in [-0.1, -0.05) is 18.2 Å². The minimum atomic E-state index is -0.846. The molecule has 0 bridgehead atoms. The van der Waals surface area contributed by atoms with Crippen LogP contribution in [0.4, 0.5) is 0 Å². The largest absolute Gasteiger partial charge is 0.491 e. The Morgan fingerprint density at radius 2 is 1.86 bits per heavy atom. The quantitative estimate of drug-likeness (QED) is 0.560. The van der Waals surface area contributed by atoms with Gasteiger partial charge in [-0.2, -0.15) is 0 Å². The zero-order valence-electron chi connectivity index (χ0n) is 11.8. The highest BCUT2D eigenvalue weighted by Crippen LogP contribution is 2.24. The monoisotopic (exact) mass is 297 g/mol. The molecule has 5 heteroatoms. The van der Waals surface area contributed by atoms with E-state index in [9.17, 15) is 9.59 Å². The van der Waals surface area contributed by atoms with Crippen LogP contribution in [0.3, 0.4) is 0 Å². The average Bonchev–Trinajstić information content (AvgIpc) is 2.52. The zero-order chi connectivity index (χ0) is 15.5. The molecule has 2 N–H and O–H groups in total. The molecule has 112 valence electrons. The summed E-state index contributed by atoms with van der Waals surface area (Å²) in [5, 5.41) is 9.84. The van der Waals surface area contributed by atoms with Crippen molar-refractivity contribution in [2.24, 2.45) is 0 Å². The van der Waals surface area contributed by atoms with Crippen molar-refractivity contribution in [2.45, 2.75) is 12.8 Å². The number of pyridine rings is 1. The molecular formula is C17H15NO4. The second-order valence-electron chi connectivity index (χ2n) is 5.02. The summed E-state index contributed by atoms with van der Waals surface area (Å²) in [6.45, 7) is 0.292. The molecule has 0 unspecified atom stereocenters. The second-order valence-corrected chi connectivity index (χ2v) is 5.02. The maximum atomic E-state index is 12.5. The van der Waals surface area contributed by atoms with Gasteiger partial charge in [-0.25, -0.2) is 0 Å². The molecule has 0 aliphatic rings. The smallest absolute Gasteiger partial charge is 0.303 e. The van der Waals surface area contributed by atoms with E-state index in [-0.39, 0.29) is 11.8 Å². The highest BCUT2D eigenvalue weighted by atomic mass is 16.5. The lowest BCUT2D eigenvalue weighted by Crippen LogP contribution is -2.06. The Balaban J connectivity index is 2.01. The van der Waals surface area contributed by atoms with Crippen LogP contribution in [0.25, 0.3) is 21.8 Å². The third kappa shape index (κ3) is 2.65. The summed E-state index contributed by atoms with van der Waals surface area (Å²) in [6.07, 6.45) is 0.480. The first-order chi connectivity index (χ1) is 10.7. The third-order valence-corrected chi connectivity index (χ3v) is 3.49. The SMILES string of the molecule is O=C(O)CCCOc1cccc2c(=O)c3ccccc3[nH]c12. The summed E-state index contributed by atoms with van der Waals surface area (Å²) in [6, 6.07) is 12.6. The number of carboxylic acids is 1. The Morgan fingerprint density at radius 3 is 2.68 bits per heavy atom. The summed E-state index contributed by atoms with van der Waals surface area (Å²) >= 11 is 0. The van der Waals surface area contributed by atoms with E-state index in [1.54, 1.807) is 24.3 Å². The molecule has 0 amide bonds. The summed E-state index contributed by atoms with van der Waals surface area (Å²) in [4.78, 5) is 26.2. The van der Waals surface area contributed by atoms with Crippen molar-refractivity contribution in [1.82, 2.24) is 4.98 Å². The molecule has 3 aromatic rings. The van der Waals surface area contributed by atoms with E-state index < -0.39 is 5.97 Å². The van der Waals surface area contributed by atoms with Crippen molar-refractivity contribution in [1.29, 1.82) is 0 Å². The van der Waals surface area contributed by atoms with Crippen molar-refractivity contribution in [3.63, 3.8) is 0 Å². The number of ether oxygens (including phenoxy) is 1. The van der Waals surface area contributed by atoms with Gasteiger partial charge in [0.05, 0.1) is 12.1 Å². The van der Waals surface area contributed by atoms with Gasteiger partial charge in [0.25, 0.3) is 0 Å². The Morgan fingerprint density at radius 1 is 1.09 bits per heavy atom. The fourth-order valence-corrected chi connectivity index (χ4v) is 2.44. The highest BCUT2D eigenvalue weighted by molar-refractivity contribution is 5.95. The lowest BCUT2D eigenvalue weighted by atomic mass is 10.1. The molecule has 22 heavy (non-hydrogen) atoms. The number of hydrogen-bond donors (Lipinski definition) is 2. The number of fused-ring (bicyclic) bond motifs is 2. The number of aliphatic carboxylic acids is 1. The molecule has 0 saturated heterocycles. The first kappa shape index (κ1) is 14.1. The maximum absolute atomic E-state index is 12.5. The molecule has 0 fully saturated rings. The van der Waals surface area contributed by atoms with Gasteiger partial charge in [-0.05, 0) is 30.7 Å². The predicted molar refractivity (Wildman–Crippen MR) is 84.4 cm³/mol. The topological polar surface area (TPSA) is 79.4 Å². The number of aromatic amines is 1. The van der Waals surface area contributed by atoms with Crippen molar-refractivity contribution in [2.75, 3.05) is 6.61 Å². The number of carbonyl (C=O) groups is 1. The fraction of sp³-hybridized carbons (Fsp3) is 0.176. The van der Waals surface area contributed by atoms with Gasteiger partial charge < -0.3 is 14.8 Å². The average molecular weight is 297 g/mol. The standard InChI is InChI=1S/C17H15NO4/c19-15(20)9-4-10-22-14-8-3-6-12-16(14)18-13-7-2-1-5-11(13)17(12)21/h1-3,5-8H,4,9-10H2,(H,18,21)(H,19,20). The number of rotatable bonds is 5. The lowest BCUT2D eigenvalue weighted by molar-refractivity contribution is -0.137. The van der Waals surface area contributed by atoms with E-state index in [4.69, 9.17) is 9.84 Å². The lowest BCUT2D eigenvalue weighted by Gasteiger charge is -2.09. The first-order valence-electron chi connectivity index (χ1n) is 7.05. The Bertz CT molecular complexity index is 898. The van der Waals surface area contributed by atoms with Crippen LogP contribution in [0, 0.1) is 0 Å². The molecule has 0 saturated carbocycles. The van der Waals surface area contributed by atoms with E-state index in [1.807, 2.05) is 18.2 Å². The number of H-pyrrole nitrogens is 1. The van der Waals surface area contributed by atoms with Crippen LogP contribution in [0.5, 0.6) is 5.75 Å². The first-order valence-corrected chi connectivity index (χ1v) is 7.05. The predicted octanol–water partition coefficient (Wildman–Crippen LogP) is 2.92. The van der Waals surface area contributed by atoms with E-state index >= 15 is 0 Å². The Hall–Kier alpha value is -2.82. The van der Waals surface area contributed by atoms with Crippen LogP contribution in [0.15, 0.2) is 47.3 Å². The van der Waals surface area contributed by atoms with Crippen LogP contribution >= 0.6 is 0 Å². The van der Waals surface area contributed by atoms with Crippen molar-refractivity contribution in [3.05, 3.63) is 52.7 Å². The summed E-state index contributed by atoms with van der Waals surface area (Å²) in [7, 11) is 0. The molecule has 0 radical (unpaired) electrons. The van der Waals surface area contributed by atoms with Crippen molar-refractivity contribution >= 4 is 27.8 Å². The fourth-order valence-electron chi connectivity index (χ4n) is 2.44. The van der Waals surface area contributed by atoms with Crippen LogP contribution in [0.2, 0.25) is 0 Å². The number of para-hydroxylation sites is 2. The molecule has 0 atom stereocenters. The summed E-state index contributed by atoms with van der Waals surface area (Å²) in [5.41, 5.74) is 1.35. The molecule has 1 heterocycles. The van der Waals surface area contributed by atoms with E-state index in [2.05, 4.69) is 4.98 Å².